The fourth-order valence-electron chi connectivity index (χ4n) is 3.86. The van der Waals surface area contributed by atoms with Crippen molar-refractivity contribution in [1.82, 2.24) is 4.98 Å². The van der Waals surface area contributed by atoms with Crippen LogP contribution in [0, 0.1) is 21.4 Å². The van der Waals surface area contributed by atoms with Crippen LogP contribution in [0.2, 0.25) is 0 Å². The number of nitro benzene ring substituents is 1. The lowest BCUT2D eigenvalue weighted by Gasteiger charge is -2.37. The first-order valence-electron chi connectivity index (χ1n) is 10.6. The molecule has 11 nitrogen and oxygen atoms in total. The van der Waals surface area contributed by atoms with Gasteiger partial charge in [-0.3, -0.25) is 14.8 Å². The fourth-order valence-corrected chi connectivity index (χ4v) is 5.18. The number of pyridine rings is 1. The van der Waals surface area contributed by atoms with Gasteiger partial charge in [-0.25, -0.2) is 13.4 Å². The maximum absolute atomic E-state index is 13.4. The molecule has 1 aliphatic heterocycles. The van der Waals surface area contributed by atoms with E-state index in [1.807, 2.05) is 9.80 Å². The third-order valence-electron chi connectivity index (χ3n) is 5.61. The van der Waals surface area contributed by atoms with Gasteiger partial charge in [0.05, 0.1) is 35.0 Å². The average molecular weight is 495 g/mol. The number of aromatic nitrogens is 1. The molecule has 3 aromatic rings. The number of nitrogens with zero attached hydrogens (tertiary/aromatic N) is 5. The Morgan fingerprint density at radius 3 is 2.49 bits per heavy atom. The minimum atomic E-state index is -4.19. The second kappa shape index (κ2) is 9.86. The molecule has 1 N–H and O–H groups in total. The number of non-ortho nitro benzene ring substituents is 1. The molecule has 12 heteroatoms. The van der Waals surface area contributed by atoms with Crippen molar-refractivity contribution in [2.24, 2.45) is 0 Å². The Kier molecular flexibility index (Phi) is 6.70. The summed E-state index contributed by atoms with van der Waals surface area (Å²) in [6.45, 7) is 1.96. The molecule has 4 rings (SSSR count). The Morgan fingerprint density at radius 1 is 1.09 bits per heavy atom. The number of nitro groups is 1. The standard InChI is InChI=1S/C23H22N6O5S/c1-34-21-5-3-2-4-19(21)26-35(32,33)22-15-18(29(30)31)6-7-20(22)27-10-12-28(13-11-27)23-14-17(16-24)8-9-25-23/h2-9,14-15,26H,10-13H2,1H3. The predicted molar refractivity (Wildman–Crippen MR) is 130 cm³/mol. The smallest absolute Gasteiger partial charge is 0.270 e. The highest BCUT2D eigenvalue weighted by atomic mass is 32.2. The SMILES string of the molecule is COc1ccccc1NS(=O)(=O)c1cc([N+](=O)[O-])ccc1N1CCN(c2cc(C#N)ccn2)CC1. The van der Waals surface area contributed by atoms with Crippen LogP contribution in [-0.2, 0) is 10.0 Å². The van der Waals surface area contributed by atoms with Crippen molar-refractivity contribution in [3.05, 3.63) is 76.5 Å². The van der Waals surface area contributed by atoms with Crippen molar-refractivity contribution < 1.29 is 18.1 Å². The van der Waals surface area contributed by atoms with Gasteiger partial charge >= 0.3 is 0 Å². The first-order chi connectivity index (χ1) is 16.8. The topological polar surface area (TPSA) is 142 Å². The molecule has 1 aliphatic rings. The highest BCUT2D eigenvalue weighted by molar-refractivity contribution is 7.93. The summed E-state index contributed by atoms with van der Waals surface area (Å²) in [5.41, 5.74) is 0.756. The zero-order valence-corrected chi connectivity index (χ0v) is 19.6. The van der Waals surface area contributed by atoms with Crippen LogP contribution in [0.5, 0.6) is 5.75 Å². The van der Waals surface area contributed by atoms with Crippen LogP contribution in [-0.4, -0.2) is 51.6 Å². The van der Waals surface area contributed by atoms with E-state index < -0.39 is 14.9 Å². The minimum absolute atomic E-state index is 0.198. The van der Waals surface area contributed by atoms with Gasteiger partial charge in [0.1, 0.15) is 16.5 Å². The molecule has 0 unspecified atom stereocenters. The molecule has 0 saturated carbocycles. The Morgan fingerprint density at radius 2 is 1.80 bits per heavy atom. The summed E-state index contributed by atoms with van der Waals surface area (Å²) in [6.07, 6.45) is 1.57. The number of rotatable bonds is 7. The van der Waals surface area contributed by atoms with Crippen molar-refractivity contribution >= 4 is 32.9 Å². The Labute approximate surface area is 202 Å². The number of sulfonamides is 1. The van der Waals surface area contributed by atoms with E-state index in [0.717, 1.165) is 6.07 Å². The number of ether oxygens (including phenoxy) is 1. The molecule has 0 spiro atoms. The normalized spacial score (nSPS) is 13.7. The summed E-state index contributed by atoms with van der Waals surface area (Å²) < 4.78 is 34.5. The monoisotopic (exact) mass is 494 g/mol. The van der Waals surface area contributed by atoms with Gasteiger partial charge in [-0.05, 0) is 30.3 Å². The second-order valence-electron chi connectivity index (χ2n) is 7.70. The number of para-hydroxylation sites is 2. The average Bonchev–Trinajstić information content (AvgIpc) is 2.88. The maximum Gasteiger partial charge on any atom is 0.270 e. The van der Waals surface area contributed by atoms with Gasteiger partial charge < -0.3 is 14.5 Å². The van der Waals surface area contributed by atoms with Gasteiger partial charge in [0, 0.05) is 44.5 Å². The van der Waals surface area contributed by atoms with Gasteiger partial charge in [0.25, 0.3) is 15.7 Å². The first-order valence-corrected chi connectivity index (χ1v) is 12.1. The number of anilines is 3. The zero-order valence-electron chi connectivity index (χ0n) is 18.8. The summed E-state index contributed by atoms with van der Waals surface area (Å²) in [4.78, 5) is 18.8. The number of hydrogen-bond donors (Lipinski definition) is 1. The van der Waals surface area contributed by atoms with Crippen LogP contribution in [0.4, 0.5) is 22.9 Å². The third-order valence-corrected chi connectivity index (χ3v) is 7.01. The third kappa shape index (κ3) is 5.10. The highest BCUT2D eigenvalue weighted by Crippen LogP contribution is 2.33. The second-order valence-corrected chi connectivity index (χ2v) is 9.35. The first kappa shape index (κ1) is 23.8. The van der Waals surface area contributed by atoms with Gasteiger partial charge in [-0.1, -0.05) is 12.1 Å². The summed E-state index contributed by atoms with van der Waals surface area (Å²) in [6, 6.07) is 15.8. The summed E-state index contributed by atoms with van der Waals surface area (Å²) in [5.74, 6) is 0.988. The number of benzene rings is 2. The van der Waals surface area contributed by atoms with Crippen molar-refractivity contribution in [2.45, 2.75) is 4.90 Å². The van der Waals surface area contributed by atoms with E-state index >= 15 is 0 Å². The zero-order chi connectivity index (χ0) is 25.0. The molecule has 0 bridgehead atoms. The number of piperazine rings is 1. The number of nitrogens with one attached hydrogen (secondary N) is 1. The Balaban J connectivity index is 1.63. The van der Waals surface area contributed by atoms with Gasteiger partial charge in [-0.15, -0.1) is 0 Å². The minimum Gasteiger partial charge on any atom is -0.495 e. The van der Waals surface area contributed by atoms with Crippen LogP contribution in [0.15, 0.2) is 65.7 Å². The van der Waals surface area contributed by atoms with Crippen LogP contribution in [0.3, 0.4) is 0 Å². The van der Waals surface area contributed by atoms with Crippen molar-refractivity contribution in [3.63, 3.8) is 0 Å². The van der Waals surface area contributed by atoms with E-state index in [-0.39, 0.29) is 16.3 Å². The molecule has 2 aromatic carbocycles. The van der Waals surface area contributed by atoms with Crippen LogP contribution >= 0.6 is 0 Å². The summed E-state index contributed by atoms with van der Waals surface area (Å²) >= 11 is 0. The van der Waals surface area contributed by atoms with Crippen molar-refractivity contribution in [1.29, 1.82) is 5.26 Å². The number of hydrogen-bond acceptors (Lipinski definition) is 9. The molecular weight excluding hydrogens is 472 g/mol. The van der Waals surface area contributed by atoms with E-state index in [1.165, 1.54) is 19.2 Å². The molecule has 0 atom stereocenters. The van der Waals surface area contributed by atoms with Crippen LogP contribution < -0.4 is 19.3 Å². The van der Waals surface area contributed by atoms with E-state index in [4.69, 9.17) is 10.00 Å². The molecule has 0 aliphatic carbocycles. The predicted octanol–water partition coefficient (Wildman–Crippen LogP) is 3.00. The van der Waals surface area contributed by atoms with E-state index in [9.17, 15) is 18.5 Å². The van der Waals surface area contributed by atoms with E-state index in [0.29, 0.717) is 49.0 Å². The Bertz CT molecular complexity index is 1400. The van der Waals surface area contributed by atoms with Gasteiger partial charge in [-0.2, -0.15) is 5.26 Å². The number of nitriles is 1. The molecule has 180 valence electrons. The molecule has 2 heterocycles. The molecule has 1 saturated heterocycles. The molecule has 0 radical (unpaired) electrons. The van der Waals surface area contributed by atoms with E-state index in [1.54, 1.807) is 42.6 Å². The lowest BCUT2D eigenvalue weighted by Crippen LogP contribution is -2.47. The van der Waals surface area contributed by atoms with Gasteiger partial charge in [0.15, 0.2) is 0 Å². The van der Waals surface area contributed by atoms with Crippen LogP contribution in [0.1, 0.15) is 5.56 Å². The molecule has 1 fully saturated rings. The Hall–Kier alpha value is -4.37. The quantitative estimate of drug-likeness (QED) is 0.387. The maximum atomic E-state index is 13.4. The fraction of sp³-hybridized carbons (Fsp3) is 0.217. The highest BCUT2D eigenvalue weighted by Gasteiger charge is 2.28. The summed E-state index contributed by atoms with van der Waals surface area (Å²) in [5, 5.41) is 20.5. The lowest BCUT2D eigenvalue weighted by molar-refractivity contribution is -0.385. The van der Waals surface area contributed by atoms with Crippen LogP contribution in [0.25, 0.3) is 0 Å². The molecule has 1 aromatic heterocycles. The van der Waals surface area contributed by atoms with Gasteiger partial charge in [0.2, 0.25) is 0 Å². The summed E-state index contributed by atoms with van der Waals surface area (Å²) in [7, 11) is -2.77. The largest absolute Gasteiger partial charge is 0.495 e. The van der Waals surface area contributed by atoms with Crippen molar-refractivity contribution in [3.8, 4) is 11.8 Å². The molecular formula is C23H22N6O5S. The number of methoxy groups -OCH3 is 1. The van der Waals surface area contributed by atoms with Crippen molar-refractivity contribution in [2.75, 3.05) is 47.8 Å². The lowest BCUT2D eigenvalue weighted by atomic mass is 10.2. The molecule has 0 amide bonds. The van der Waals surface area contributed by atoms with E-state index in [2.05, 4.69) is 15.8 Å². The molecule has 35 heavy (non-hydrogen) atoms.